The third kappa shape index (κ3) is 3.58. The number of nitrogens with zero attached hydrogens (tertiary/aromatic N) is 2. The number of amides is 1. The average Bonchev–Trinajstić information content (AvgIpc) is 2.93. The molecule has 0 fully saturated rings. The Kier molecular flexibility index (Phi) is 4.61. The fourth-order valence-corrected chi connectivity index (χ4v) is 2.45. The first-order valence-electron chi connectivity index (χ1n) is 7.76. The van der Waals surface area contributed by atoms with Gasteiger partial charge in [-0.1, -0.05) is 36.4 Å². The summed E-state index contributed by atoms with van der Waals surface area (Å²) in [6.45, 7) is 3.18. The Bertz CT molecular complexity index is 902. The van der Waals surface area contributed by atoms with Crippen LogP contribution in [0.1, 0.15) is 23.0 Å². The van der Waals surface area contributed by atoms with E-state index >= 15 is 0 Å². The number of carbonyl (C=O) groups is 2. The summed E-state index contributed by atoms with van der Waals surface area (Å²) >= 11 is 0. The van der Waals surface area contributed by atoms with Gasteiger partial charge in [0.15, 0.2) is 5.78 Å². The minimum absolute atomic E-state index is 0.174. The van der Waals surface area contributed by atoms with Crippen molar-refractivity contribution in [1.82, 2.24) is 9.78 Å². The third-order valence-corrected chi connectivity index (χ3v) is 3.63. The Morgan fingerprint density at radius 3 is 2.20 bits per heavy atom. The van der Waals surface area contributed by atoms with Crippen LogP contribution < -0.4 is 10.1 Å². The van der Waals surface area contributed by atoms with Gasteiger partial charge in [-0.05, 0) is 31.2 Å². The van der Waals surface area contributed by atoms with Crippen LogP contribution in [0.2, 0.25) is 0 Å². The van der Waals surface area contributed by atoms with Crippen LogP contribution in [0.5, 0.6) is 5.75 Å². The lowest BCUT2D eigenvalue weighted by molar-refractivity contribution is 0.101. The van der Waals surface area contributed by atoms with Crippen molar-refractivity contribution in [3.8, 4) is 11.4 Å². The lowest BCUT2D eigenvalue weighted by Gasteiger charge is -2.10. The van der Waals surface area contributed by atoms with Crippen molar-refractivity contribution < 1.29 is 14.3 Å². The van der Waals surface area contributed by atoms with E-state index in [4.69, 9.17) is 4.74 Å². The summed E-state index contributed by atoms with van der Waals surface area (Å²) in [5.41, 5.74) is 1.62. The molecule has 0 aliphatic heterocycles. The first-order valence-corrected chi connectivity index (χ1v) is 7.76. The van der Waals surface area contributed by atoms with E-state index in [0.29, 0.717) is 22.8 Å². The Hall–Kier alpha value is -3.41. The molecule has 1 heterocycles. The van der Waals surface area contributed by atoms with Gasteiger partial charge in [0.05, 0.1) is 5.69 Å². The number of nitrogens with one attached hydrogen (secondary N) is 1. The number of para-hydroxylation sites is 2. The van der Waals surface area contributed by atoms with Crippen LogP contribution >= 0.6 is 0 Å². The van der Waals surface area contributed by atoms with E-state index in [1.807, 2.05) is 36.4 Å². The number of hydrogen-bond acceptors (Lipinski definition) is 4. The molecule has 3 aromatic rings. The second-order valence-electron chi connectivity index (χ2n) is 5.45. The van der Waals surface area contributed by atoms with Gasteiger partial charge in [0, 0.05) is 12.5 Å². The number of carbonyl (C=O) groups excluding carboxylic acids is 2. The molecule has 6 nitrogen and oxygen atoms in total. The van der Waals surface area contributed by atoms with Crippen LogP contribution in [0.25, 0.3) is 5.69 Å². The summed E-state index contributed by atoms with van der Waals surface area (Å²) < 4.78 is 6.78. The second-order valence-corrected chi connectivity index (χ2v) is 5.45. The smallest absolute Gasteiger partial charge is 0.410 e. The fraction of sp³-hybridized carbons (Fsp3) is 0.105. The first kappa shape index (κ1) is 16.4. The molecule has 0 spiro atoms. The molecule has 126 valence electrons. The summed E-state index contributed by atoms with van der Waals surface area (Å²) in [5, 5.41) is 7.02. The maximum absolute atomic E-state index is 12.2. The van der Waals surface area contributed by atoms with Crippen molar-refractivity contribution in [1.29, 1.82) is 0 Å². The number of Topliss-reactive ketones (excluding diaryl/α,β-unsaturated/α-hetero) is 1. The maximum Gasteiger partial charge on any atom is 0.418 e. The molecule has 0 aliphatic rings. The van der Waals surface area contributed by atoms with E-state index in [9.17, 15) is 9.59 Å². The largest absolute Gasteiger partial charge is 0.418 e. The molecule has 1 aromatic heterocycles. The van der Waals surface area contributed by atoms with Gasteiger partial charge < -0.3 is 4.74 Å². The van der Waals surface area contributed by atoms with Gasteiger partial charge in [0.1, 0.15) is 17.3 Å². The number of ether oxygens (including phenoxy) is 1. The van der Waals surface area contributed by atoms with Crippen molar-refractivity contribution in [3.05, 3.63) is 71.9 Å². The van der Waals surface area contributed by atoms with Crippen LogP contribution in [-0.4, -0.2) is 21.7 Å². The highest BCUT2D eigenvalue weighted by molar-refractivity contribution is 5.96. The monoisotopic (exact) mass is 335 g/mol. The summed E-state index contributed by atoms with van der Waals surface area (Å²) in [5.74, 6) is 0.652. The highest BCUT2D eigenvalue weighted by atomic mass is 16.6. The molecule has 0 aliphatic carbocycles. The molecule has 0 bridgehead atoms. The van der Waals surface area contributed by atoms with Gasteiger partial charge in [0.25, 0.3) is 0 Å². The van der Waals surface area contributed by atoms with Gasteiger partial charge in [0.2, 0.25) is 0 Å². The van der Waals surface area contributed by atoms with Gasteiger partial charge in [-0.25, -0.2) is 9.48 Å². The standard InChI is InChI=1S/C19H17N3O3/c1-13-17(14(2)23)21-22(15-9-5-3-6-10-15)18(13)20-19(24)25-16-11-7-4-8-12-16/h3-12H,1-2H3,(H,20,24). The van der Waals surface area contributed by atoms with Crippen LogP contribution in [0, 0.1) is 6.92 Å². The second kappa shape index (κ2) is 7.00. The summed E-state index contributed by atoms with van der Waals surface area (Å²) in [6.07, 6.45) is -0.651. The minimum atomic E-state index is -0.651. The minimum Gasteiger partial charge on any atom is -0.410 e. The molecule has 1 N–H and O–H groups in total. The number of anilines is 1. The van der Waals surface area contributed by atoms with E-state index in [1.54, 1.807) is 31.2 Å². The Morgan fingerprint density at radius 2 is 1.60 bits per heavy atom. The molecular weight excluding hydrogens is 318 g/mol. The van der Waals surface area contributed by atoms with Gasteiger partial charge in [-0.2, -0.15) is 5.10 Å². The molecule has 0 saturated heterocycles. The molecule has 0 saturated carbocycles. The van der Waals surface area contributed by atoms with Crippen LogP contribution in [-0.2, 0) is 0 Å². The quantitative estimate of drug-likeness (QED) is 0.732. The SMILES string of the molecule is CC(=O)c1nn(-c2ccccc2)c(NC(=O)Oc2ccccc2)c1C. The van der Waals surface area contributed by atoms with Crippen molar-refractivity contribution in [2.45, 2.75) is 13.8 Å². The fourth-order valence-electron chi connectivity index (χ4n) is 2.45. The molecule has 1 amide bonds. The average molecular weight is 335 g/mol. The predicted molar refractivity (Wildman–Crippen MR) is 94.4 cm³/mol. The topological polar surface area (TPSA) is 73.2 Å². The lowest BCUT2D eigenvalue weighted by atomic mass is 10.2. The summed E-state index contributed by atoms with van der Waals surface area (Å²) in [4.78, 5) is 24.1. The van der Waals surface area contributed by atoms with Gasteiger partial charge in [-0.15, -0.1) is 0 Å². The van der Waals surface area contributed by atoms with Gasteiger partial charge >= 0.3 is 6.09 Å². The van der Waals surface area contributed by atoms with Crippen LogP contribution in [0.4, 0.5) is 10.6 Å². The van der Waals surface area contributed by atoms with Crippen molar-refractivity contribution in [2.24, 2.45) is 0 Å². The van der Waals surface area contributed by atoms with Gasteiger partial charge in [-0.3, -0.25) is 10.1 Å². The zero-order valence-corrected chi connectivity index (χ0v) is 13.9. The maximum atomic E-state index is 12.2. The number of benzene rings is 2. The van der Waals surface area contributed by atoms with E-state index in [1.165, 1.54) is 11.6 Å². The Morgan fingerprint density at radius 1 is 1.00 bits per heavy atom. The molecule has 0 radical (unpaired) electrons. The molecule has 3 rings (SSSR count). The molecular formula is C19H17N3O3. The van der Waals surface area contributed by atoms with E-state index in [2.05, 4.69) is 10.4 Å². The molecule has 2 aromatic carbocycles. The van der Waals surface area contributed by atoms with Crippen molar-refractivity contribution in [2.75, 3.05) is 5.32 Å². The van der Waals surface area contributed by atoms with E-state index in [-0.39, 0.29) is 5.78 Å². The number of hydrogen-bond donors (Lipinski definition) is 1. The predicted octanol–water partition coefficient (Wildman–Crippen LogP) is 3.99. The highest BCUT2D eigenvalue weighted by Gasteiger charge is 2.20. The lowest BCUT2D eigenvalue weighted by Crippen LogP contribution is -2.19. The van der Waals surface area contributed by atoms with Crippen molar-refractivity contribution >= 4 is 17.7 Å². The Balaban J connectivity index is 1.94. The normalized spacial score (nSPS) is 10.3. The zero-order chi connectivity index (χ0) is 17.8. The summed E-state index contributed by atoms with van der Waals surface area (Å²) in [7, 11) is 0. The van der Waals surface area contributed by atoms with E-state index in [0.717, 1.165) is 5.69 Å². The van der Waals surface area contributed by atoms with Crippen LogP contribution in [0.15, 0.2) is 60.7 Å². The number of ketones is 1. The molecule has 6 heteroatoms. The van der Waals surface area contributed by atoms with Crippen LogP contribution in [0.3, 0.4) is 0 Å². The first-order chi connectivity index (χ1) is 12.1. The molecule has 0 unspecified atom stereocenters. The summed E-state index contributed by atoms with van der Waals surface area (Å²) in [6, 6.07) is 18.0. The third-order valence-electron chi connectivity index (χ3n) is 3.63. The van der Waals surface area contributed by atoms with Crippen molar-refractivity contribution in [3.63, 3.8) is 0 Å². The van der Waals surface area contributed by atoms with E-state index < -0.39 is 6.09 Å². The number of rotatable bonds is 4. The molecule has 0 atom stereocenters. The highest BCUT2D eigenvalue weighted by Crippen LogP contribution is 2.24. The zero-order valence-electron chi connectivity index (χ0n) is 13.9. The number of aromatic nitrogens is 2. The molecule has 25 heavy (non-hydrogen) atoms. The Labute approximate surface area is 145 Å².